The number of hydrogen-bond donors (Lipinski definition) is 1. The van der Waals surface area contributed by atoms with Gasteiger partial charge in [0.05, 0.1) is 26.0 Å². The minimum atomic E-state index is -0.999. The van der Waals surface area contributed by atoms with E-state index in [9.17, 15) is 14.4 Å². The van der Waals surface area contributed by atoms with E-state index in [0.29, 0.717) is 37.4 Å². The summed E-state index contributed by atoms with van der Waals surface area (Å²) in [5, 5.41) is 6.67. The number of carbonyl (C=O) groups is 3. The summed E-state index contributed by atoms with van der Waals surface area (Å²) in [5.41, 5.74) is 8.00. The Kier molecular flexibility index (Phi) is 8.75. The third-order valence-corrected chi connectivity index (χ3v) is 8.47. The van der Waals surface area contributed by atoms with E-state index in [1.165, 1.54) is 0 Å². The van der Waals surface area contributed by atoms with E-state index in [-0.39, 0.29) is 36.1 Å². The molecule has 0 spiro atoms. The van der Waals surface area contributed by atoms with Crippen LogP contribution in [0.25, 0.3) is 0 Å². The topological polar surface area (TPSA) is 124 Å². The number of hydrogen-bond acceptors (Lipinski definition) is 7. The summed E-state index contributed by atoms with van der Waals surface area (Å²) in [6.45, 7) is 0.853. The van der Waals surface area contributed by atoms with Gasteiger partial charge in [-0.15, -0.1) is 0 Å². The molecule has 0 radical (unpaired) electrons. The number of nitrogens with zero attached hydrogens (tertiary/aromatic N) is 3. The van der Waals surface area contributed by atoms with Crippen LogP contribution in [0.2, 0.25) is 0 Å². The molecule has 3 aliphatic rings. The Morgan fingerprint density at radius 3 is 2.29 bits per heavy atom. The van der Waals surface area contributed by atoms with Gasteiger partial charge in [0.15, 0.2) is 17.6 Å². The fourth-order valence-corrected chi connectivity index (χ4v) is 6.37. The molecule has 1 aliphatic carbocycles. The molecule has 1 saturated heterocycles. The van der Waals surface area contributed by atoms with Gasteiger partial charge in [0.1, 0.15) is 0 Å². The smallest absolute Gasteiger partial charge is 0.405 e. The molecule has 1 saturated carbocycles. The van der Waals surface area contributed by atoms with Crippen molar-refractivity contribution in [1.82, 2.24) is 9.91 Å². The van der Waals surface area contributed by atoms with Crippen molar-refractivity contribution >= 4 is 23.6 Å². The number of methoxy groups -OCH3 is 2. The highest BCUT2D eigenvalue weighted by Gasteiger charge is 2.44. The normalized spacial score (nSPS) is 21.9. The molecule has 41 heavy (non-hydrogen) atoms. The van der Waals surface area contributed by atoms with Gasteiger partial charge in [0.25, 0.3) is 5.91 Å². The highest BCUT2D eigenvalue weighted by Crippen LogP contribution is 2.40. The predicted molar refractivity (Wildman–Crippen MR) is 153 cm³/mol. The lowest BCUT2D eigenvalue weighted by atomic mass is 9.73. The molecule has 2 aliphatic heterocycles. The van der Waals surface area contributed by atoms with Crippen LogP contribution in [-0.2, 0) is 20.7 Å². The Labute approximate surface area is 240 Å². The van der Waals surface area contributed by atoms with Crippen molar-refractivity contribution in [2.75, 3.05) is 27.3 Å². The van der Waals surface area contributed by atoms with Crippen LogP contribution < -0.4 is 15.2 Å². The van der Waals surface area contributed by atoms with E-state index in [1.54, 1.807) is 24.1 Å². The number of hydrazone groups is 1. The molecule has 2 aromatic rings. The molecule has 2 fully saturated rings. The monoisotopic (exact) mass is 562 g/mol. The third-order valence-electron chi connectivity index (χ3n) is 8.47. The maximum absolute atomic E-state index is 13.7. The molecular formula is C31H38N4O6. The van der Waals surface area contributed by atoms with Gasteiger partial charge in [-0.2, -0.15) is 5.10 Å². The molecule has 10 nitrogen and oxygen atoms in total. The number of nitrogens with two attached hydrogens (primary N) is 1. The molecule has 0 aromatic heterocycles. The van der Waals surface area contributed by atoms with Crippen molar-refractivity contribution in [2.24, 2.45) is 22.7 Å². The van der Waals surface area contributed by atoms with Crippen molar-refractivity contribution in [3.8, 4) is 11.5 Å². The van der Waals surface area contributed by atoms with Gasteiger partial charge in [0.2, 0.25) is 5.91 Å². The molecule has 0 unspecified atom stereocenters. The van der Waals surface area contributed by atoms with Gasteiger partial charge in [-0.3, -0.25) is 9.59 Å². The van der Waals surface area contributed by atoms with Crippen molar-refractivity contribution in [1.29, 1.82) is 0 Å². The van der Waals surface area contributed by atoms with Crippen LogP contribution in [0.3, 0.4) is 0 Å². The van der Waals surface area contributed by atoms with Crippen LogP contribution >= 0.6 is 0 Å². The second-order valence-corrected chi connectivity index (χ2v) is 10.9. The predicted octanol–water partition coefficient (Wildman–Crippen LogP) is 3.75. The van der Waals surface area contributed by atoms with E-state index in [0.717, 1.165) is 42.5 Å². The summed E-state index contributed by atoms with van der Waals surface area (Å²) in [5.74, 6) is 1.02. The molecule has 3 amide bonds. The Balaban J connectivity index is 1.34. The average Bonchev–Trinajstić information content (AvgIpc) is 3.01. The van der Waals surface area contributed by atoms with Crippen molar-refractivity contribution in [3.05, 3.63) is 59.7 Å². The fraction of sp³-hybridized carbons (Fsp3) is 0.484. The van der Waals surface area contributed by atoms with Crippen LogP contribution in [0.5, 0.6) is 11.5 Å². The van der Waals surface area contributed by atoms with Crippen molar-refractivity contribution in [2.45, 2.75) is 57.1 Å². The SMILES string of the molecule is COc1ccc(C2=NN(C3CCN(C(=O)[C@@H](Cc4ccccc4)OC(N)=O)CC3)C(=O)[C@@H]3CCCC[C@H]23)cc1OC. The lowest BCUT2D eigenvalue weighted by Crippen LogP contribution is -2.54. The number of primary amides is 1. The van der Waals surface area contributed by atoms with Gasteiger partial charge in [-0.25, -0.2) is 9.80 Å². The van der Waals surface area contributed by atoms with Gasteiger partial charge < -0.3 is 24.8 Å². The number of likely N-dealkylation sites (tertiary alicyclic amines) is 1. The Morgan fingerprint density at radius 2 is 1.63 bits per heavy atom. The van der Waals surface area contributed by atoms with Gasteiger partial charge >= 0.3 is 6.09 Å². The van der Waals surface area contributed by atoms with Crippen LogP contribution in [0, 0.1) is 11.8 Å². The molecule has 0 bridgehead atoms. The number of ether oxygens (including phenoxy) is 3. The number of piperidine rings is 1. The zero-order chi connectivity index (χ0) is 28.9. The molecule has 10 heteroatoms. The largest absolute Gasteiger partial charge is 0.493 e. The molecule has 2 N–H and O–H groups in total. The zero-order valence-electron chi connectivity index (χ0n) is 23.7. The maximum atomic E-state index is 13.7. The van der Waals surface area contributed by atoms with Crippen molar-refractivity contribution < 1.29 is 28.6 Å². The van der Waals surface area contributed by atoms with Crippen LogP contribution in [0.1, 0.15) is 49.7 Å². The molecule has 218 valence electrons. The van der Waals surface area contributed by atoms with Crippen LogP contribution in [-0.4, -0.2) is 73.0 Å². The molecule has 3 atom stereocenters. The van der Waals surface area contributed by atoms with Crippen molar-refractivity contribution in [3.63, 3.8) is 0 Å². The first-order valence-electron chi connectivity index (χ1n) is 14.3. The quantitative estimate of drug-likeness (QED) is 0.523. The maximum Gasteiger partial charge on any atom is 0.405 e. The number of fused-ring (bicyclic) bond motifs is 1. The van der Waals surface area contributed by atoms with Crippen LogP contribution in [0.15, 0.2) is 53.6 Å². The standard InChI is InChI=1S/C31H38N4O6/c1-39-25-13-12-21(19-26(25)40-2)28-23-10-6-7-11-24(23)29(36)35(33-28)22-14-16-34(17-15-22)30(37)27(41-31(32)38)18-20-8-4-3-5-9-20/h3-5,8-9,12-13,19,22-24,27H,6-7,10-11,14-18H2,1-2H3,(H2,32,38)/t23-,24+,27+/m0/s1. The molecular weight excluding hydrogens is 524 g/mol. The van der Waals surface area contributed by atoms with Crippen LogP contribution in [0.4, 0.5) is 4.79 Å². The lowest BCUT2D eigenvalue weighted by molar-refractivity contribution is -0.145. The first kappa shape index (κ1) is 28.4. The van der Waals surface area contributed by atoms with E-state index in [4.69, 9.17) is 25.0 Å². The molecule has 2 aromatic carbocycles. The number of rotatable bonds is 8. The van der Waals surface area contributed by atoms with E-state index in [1.807, 2.05) is 48.5 Å². The minimum Gasteiger partial charge on any atom is -0.493 e. The van der Waals surface area contributed by atoms with Gasteiger partial charge in [-0.1, -0.05) is 43.2 Å². The summed E-state index contributed by atoms with van der Waals surface area (Å²) in [6, 6.07) is 15.0. The molecule has 5 rings (SSSR count). The lowest BCUT2D eigenvalue weighted by Gasteiger charge is -2.43. The van der Waals surface area contributed by atoms with E-state index >= 15 is 0 Å². The Bertz CT molecular complexity index is 1290. The summed E-state index contributed by atoms with van der Waals surface area (Å²) in [6.07, 6.45) is 3.28. The summed E-state index contributed by atoms with van der Waals surface area (Å²) < 4.78 is 16.2. The fourth-order valence-electron chi connectivity index (χ4n) is 6.37. The Hall–Kier alpha value is -4.08. The van der Waals surface area contributed by atoms with Gasteiger partial charge in [0, 0.05) is 36.9 Å². The average molecular weight is 563 g/mol. The highest BCUT2D eigenvalue weighted by atomic mass is 16.6. The summed E-state index contributed by atoms with van der Waals surface area (Å²) in [4.78, 5) is 40.4. The number of carbonyl (C=O) groups excluding carboxylic acids is 3. The first-order valence-corrected chi connectivity index (χ1v) is 14.3. The number of benzene rings is 2. The minimum absolute atomic E-state index is 0.0666. The summed E-state index contributed by atoms with van der Waals surface area (Å²) >= 11 is 0. The van der Waals surface area contributed by atoms with Gasteiger partial charge in [-0.05, 0) is 49.4 Å². The zero-order valence-corrected chi connectivity index (χ0v) is 23.7. The summed E-state index contributed by atoms with van der Waals surface area (Å²) in [7, 11) is 3.21. The highest BCUT2D eigenvalue weighted by molar-refractivity contribution is 6.07. The Morgan fingerprint density at radius 1 is 0.951 bits per heavy atom. The number of amides is 3. The first-order chi connectivity index (χ1) is 19.9. The van der Waals surface area contributed by atoms with E-state index < -0.39 is 12.2 Å². The second kappa shape index (κ2) is 12.6. The van der Waals surface area contributed by atoms with E-state index in [2.05, 4.69) is 0 Å². The second-order valence-electron chi connectivity index (χ2n) is 10.9. The third kappa shape index (κ3) is 6.16. The molecule has 2 heterocycles.